The monoisotopic (exact) mass is 206 g/mol. The van der Waals surface area contributed by atoms with Crippen LogP contribution in [0.25, 0.3) is 5.57 Å². The average molecular weight is 207 g/mol. The van der Waals surface area contributed by atoms with Gasteiger partial charge in [-0.25, -0.2) is 0 Å². The molecule has 1 aromatic rings. The zero-order chi connectivity index (χ0) is 9.97. The molecule has 1 aromatic carbocycles. The molecule has 1 heterocycles. The molecule has 1 aliphatic heterocycles. The van der Waals surface area contributed by atoms with Crippen molar-refractivity contribution in [2.24, 2.45) is 0 Å². The van der Waals surface area contributed by atoms with E-state index in [1.165, 1.54) is 11.1 Å². The summed E-state index contributed by atoms with van der Waals surface area (Å²) in [6.45, 7) is 4.92. The Labute approximate surface area is 89.8 Å². The number of hydrogen-bond acceptors (Lipinski definition) is 1. The molecule has 14 heavy (non-hydrogen) atoms. The van der Waals surface area contributed by atoms with Crippen molar-refractivity contribution in [3.63, 3.8) is 0 Å². The van der Waals surface area contributed by atoms with Crippen LogP contribution < -0.4 is 5.32 Å². The second-order valence-corrected chi connectivity index (χ2v) is 3.98. The van der Waals surface area contributed by atoms with Gasteiger partial charge in [0.1, 0.15) is 0 Å². The molecule has 0 spiro atoms. The maximum absolute atomic E-state index is 5.84. The van der Waals surface area contributed by atoms with Gasteiger partial charge in [0.15, 0.2) is 0 Å². The number of nitrogens with one attached hydrogen (secondary N) is 1. The van der Waals surface area contributed by atoms with Crippen molar-refractivity contribution in [3.8, 4) is 0 Å². The first-order chi connectivity index (χ1) is 6.75. The van der Waals surface area contributed by atoms with Crippen LogP contribution in [0.15, 0.2) is 30.3 Å². The Morgan fingerprint density at radius 1 is 1.29 bits per heavy atom. The summed E-state index contributed by atoms with van der Waals surface area (Å²) in [7, 11) is 0. The second kappa shape index (κ2) is 4.16. The number of halogens is 1. The fourth-order valence-electron chi connectivity index (χ4n) is 1.67. The lowest BCUT2D eigenvalue weighted by Crippen LogP contribution is -2.30. The summed E-state index contributed by atoms with van der Waals surface area (Å²) in [5.41, 5.74) is 2.62. The molecule has 0 saturated carbocycles. The van der Waals surface area contributed by atoms with E-state index in [9.17, 15) is 0 Å². The SMILES string of the molecule is [CH2]C1CC(c2ccc(Cl)cc2)=CCN1. The first kappa shape index (κ1) is 9.75. The van der Waals surface area contributed by atoms with Gasteiger partial charge in [-0.1, -0.05) is 29.8 Å². The fourth-order valence-corrected chi connectivity index (χ4v) is 1.80. The average Bonchev–Trinajstić information content (AvgIpc) is 2.19. The van der Waals surface area contributed by atoms with Crippen molar-refractivity contribution >= 4 is 17.2 Å². The van der Waals surface area contributed by atoms with Crippen molar-refractivity contribution in [2.45, 2.75) is 12.5 Å². The lowest BCUT2D eigenvalue weighted by molar-refractivity contribution is 0.625. The molecule has 2 rings (SSSR count). The maximum atomic E-state index is 5.84. The smallest absolute Gasteiger partial charge is 0.0406 e. The van der Waals surface area contributed by atoms with Crippen LogP contribution in [-0.4, -0.2) is 12.6 Å². The van der Waals surface area contributed by atoms with E-state index >= 15 is 0 Å². The normalized spacial score (nSPS) is 21.9. The second-order valence-electron chi connectivity index (χ2n) is 3.55. The molecule has 1 N–H and O–H groups in total. The minimum Gasteiger partial charge on any atom is -0.310 e. The van der Waals surface area contributed by atoms with Gasteiger partial charge in [0.25, 0.3) is 0 Å². The molecule has 73 valence electrons. The number of rotatable bonds is 1. The van der Waals surface area contributed by atoms with Crippen molar-refractivity contribution in [2.75, 3.05) is 6.54 Å². The van der Waals surface area contributed by atoms with Crippen LogP contribution in [0.1, 0.15) is 12.0 Å². The van der Waals surface area contributed by atoms with Crippen molar-refractivity contribution < 1.29 is 0 Å². The van der Waals surface area contributed by atoms with Gasteiger partial charge in [0.2, 0.25) is 0 Å². The van der Waals surface area contributed by atoms with E-state index in [4.69, 9.17) is 11.6 Å². The Balaban J connectivity index is 2.22. The van der Waals surface area contributed by atoms with E-state index in [0.717, 1.165) is 18.0 Å². The molecule has 1 radical (unpaired) electrons. The van der Waals surface area contributed by atoms with Gasteiger partial charge >= 0.3 is 0 Å². The predicted molar refractivity (Wildman–Crippen MR) is 61.2 cm³/mol. The van der Waals surface area contributed by atoms with Crippen LogP contribution in [0, 0.1) is 6.92 Å². The molecule has 2 heteroatoms. The zero-order valence-electron chi connectivity index (χ0n) is 7.96. The summed E-state index contributed by atoms with van der Waals surface area (Å²) in [5.74, 6) is 0. The van der Waals surface area contributed by atoms with Crippen LogP contribution in [0.2, 0.25) is 5.02 Å². The molecule has 0 saturated heterocycles. The van der Waals surface area contributed by atoms with E-state index in [0.29, 0.717) is 6.04 Å². The van der Waals surface area contributed by atoms with Gasteiger partial charge < -0.3 is 5.32 Å². The van der Waals surface area contributed by atoms with E-state index < -0.39 is 0 Å². The lowest BCUT2D eigenvalue weighted by atomic mass is 9.96. The molecule has 1 atom stereocenters. The first-order valence-corrected chi connectivity index (χ1v) is 5.15. The molecule has 1 nitrogen and oxygen atoms in total. The maximum Gasteiger partial charge on any atom is 0.0406 e. The largest absolute Gasteiger partial charge is 0.310 e. The Morgan fingerprint density at radius 3 is 2.64 bits per heavy atom. The summed E-state index contributed by atoms with van der Waals surface area (Å²) in [4.78, 5) is 0. The van der Waals surface area contributed by atoms with Gasteiger partial charge in [-0.3, -0.25) is 0 Å². The third-order valence-electron chi connectivity index (χ3n) is 2.44. The highest BCUT2D eigenvalue weighted by molar-refractivity contribution is 6.30. The molecule has 1 unspecified atom stereocenters. The van der Waals surface area contributed by atoms with Gasteiger partial charge in [0.05, 0.1) is 0 Å². The molecule has 0 bridgehead atoms. The van der Waals surface area contributed by atoms with Crippen LogP contribution in [-0.2, 0) is 0 Å². The van der Waals surface area contributed by atoms with E-state index in [-0.39, 0.29) is 0 Å². The molecule has 0 aromatic heterocycles. The first-order valence-electron chi connectivity index (χ1n) is 4.77. The van der Waals surface area contributed by atoms with Crippen molar-refractivity contribution in [1.82, 2.24) is 5.32 Å². The lowest BCUT2D eigenvalue weighted by Gasteiger charge is -2.20. The summed E-state index contributed by atoms with van der Waals surface area (Å²) in [6.07, 6.45) is 3.20. The van der Waals surface area contributed by atoms with Gasteiger partial charge in [-0.2, -0.15) is 0 Å². The Morgan fingerprint density at radius 2 is 2.00 bits per heavy atom. The van der Waals surface area contributed by atoms with Gasteiger partial charge in [-0.05, 0) is 36.6 Å². The van der Waals surface area contributed by atoms with Gasteiger partial charge in [-0.15, -0.1) is 0 Å². The molecule has 0 fully saturated rings. The van der Waals surface area contributed by atoms with E-state index in [2.05, 4.69) is 30.4 Å². The highest BCUT2D eigenvalue weighted by Gasteiger charge is 2.11. The Bertz CT molecular complexity index is 340. The van der Waals surface area contributed by atoms with Gasteiger partial charge in [0, 0.05) is 17.6 Å². The molecular weight excluding hydrogens is 194 g/mol. The van der Waals surface area contributed by atoms with Crippen molar-refractivity contribution in [3.05, 3.63) is 47.9 Å². The summed E-state index contributed by atoms with van der Waals surface area (Å²) in [6, 6.07) is 8.30. The summed E-state index contributed by atoms with van der Waals surface area (Å²) < 4.78 is 0. The van der Waals surface area contributed by atoms with Crippen LogP contribution >= 0.6 is 11.6 Å². The van der Waals surface area contributed by atoms with Crippen LogP contribution in [0.3, 0.4) is 0 Å². The highest BCUT2D eigenvalue weighted by Crippen LogP contribution is 2.23. The minimum absolute atomic E-state index is 0.325. The third kappa shape index (κ3) is 2.17. The molecule has 0 aliphatic carbocycles. The Hall–Kier alpha value is -0.790. The molecule has 1 aliphatic rings. The topological polar surface area (TPSA) is 12.0 Å². The quantitative estimate of drug-likeness (QED) is 0.745. The van der Waals surface area contributed by atoms with Crippen LogP contribution in [0.5, 0.6) is 0 Å². The molecular formula is C12H13ClN. The van der Waals surface area contributed by atoms with Crippen molar-refractivity contribution in [1.29, 1.82) is 0 Å². The predicted octanol–water partition coefficient (Wildman–Crippen LogP) is 2.92. The van der Waals surface area contributed by atoms with E-state index in [1.807, 2.05) is 12.1 Å². The fraction of sp³-hybridized carbons (Fsp3) is 0.250. The number of benzene rings is 1. The van der Waals surface area contributed by atoms with Crippen LogP contribution in [0.4, 0.5) is 0 Å². The third-order valence-corrected chi connectivity index (χ3v) is 2.69. The van der Waals surface area contributed by atoms with E-state index in [1.54, 1.807) is 0 Å². The molecule has 0 amide bonds. The Kier molecular flexibility index (Phi) is 2.90. The standard InChI is InChI=1S/C12H13ClN/c1-9-8-11(6-7-14-9)10-2-4-12(13)5-3-10/h2-6,9,14H,1,7-8H2. The zero-order valence-corrected chi connectivity index (χ0v) is 8.72. The minimum atomic E-state index is 0.325. The number of hydrogen-bond donors (Lipinski definition) is 1. The highest BCUT2D eigenvalue weighted by atomic mass is 35.5. The summed E-state index contributed by atoms with van der Waals surface area (Å²) in [5, 5.41) is 4.07. The summed E-state index contributed by atoms with van der Waals surface area (Å²) >= 11 is 5.84.